The molecule has 2 aliphatic rings. The fourth-order valence-corrected chi connectivity index (χ4v) is 4.32. The monoisotopic (exact) mass is 434 g/mol. The predicted molar refractivity (Wildman–Crippen MR) is 108 cm³/mol. The summed E-state index contributed by atoms with van der Waals surface area (Å²) in [4.78, 5) is 16.6. The number of benzene rings is 1. The minimum absolute atomic E-state index is 0.0364. The first-order valence-electron chi connectivity index (χ1n) is 10.5. The van der Waals surface area contributed by atoms with Crippen molar-refractivity contribution in [3.05, 3.63) is 53.3 Å². The molecule has 0 unspecified atom stereocenters. The molecular weight excluding hydrogens is 409 g/mol. The second-order valence-corrected chi connectivity index (χ2v) is 8.34. The van der Waals surface area contributed by atoms with Crippen molar-refractivity contribution in [2.75, 3.05) is 13.2 Å². The number of aliphatic hydroxyl groups excluding tert-OH is 1. The quantitative estimate of drug-likeness (QED) is 0.747. The highest BCUT2D eigenvalue weighted by Crippen LogP contribution is 2.36. The van der Waals surface area contributed by atoms with Crippen molar-refractivity contribution < 1.29 is 27.8 Å². The van der Waals surface area contributed by atoms with Crippen LogP contribution in [0.2, 0.25) is 0 Å². The molecule has 0 bridgehead atoms. The Kier molecular flexibility index (Phi) is 6.03. The molecule has 1 amide bonds. The van der Waals surface area contributed by atoms with Crippen LogP contribution in [0.4, 0.5) is 13.2 Å². The third-order valence-corrected chi connectivity index (χ3v) is 6.27. The fourth-order valence-electron chi connectivity index (χ4n) is 4.32. The Bertz CT molecular complexity index is 934. The Morgan fingerprint density at radius 2 is 1.84 bits per heavy atom. The van der Waals surface area contributed by atoms with Crippen LogP contribution in [-0.2, 0) is 27.7 Å². The van der Waals surface area contributed by atoms with Gasteiger partial charge in [0.2, 0.25) is 5.91 Å². The van der Waals surface area contributed by atoms with Gasteiger partial charge in [-0.1, -0.05) is 43.5 Å². The number of carbonyl (C=O) groups excluding carboxylic acids is 1. The van der Waals surface area contributed by atoms with Crippen LogP contribution in [0.15, 0.2) is 36.5 Å². The maximum Gasteiger partial charge on any atom is 0.433 e. The van der Waals surface area contributed by atoms with E-state index in [1.807, 2.05) is 0 Å². The highest BCUT2D eigenvalue weighted by atomic mass is 19.4. The molecule has 4 rings (SSSR count). The van der Waals surface area contributed by atoms with Gasteiger partial charge in [-0.2, -0.15) is 13.2 Å². The lowest BCUT2D eigenvalue weighted by atomic mass is 9.76. The zero-order valence-corrected chi connectivity index (χ0v) is 17.0. The summed E-state index contributed by atoms with van der Waals surface area (Å²) >= 11 is 0. The zero-order valence-electron chi connectivity index (χ0n) is 17.0. The number of nitrogens with one attached hydrogen (secondary N) is 1. The molecule has 2 fully saturated rings. The third-order valence-electron chi connectivity index (χ3n) is 6.27. The number of amides is 1. The zero-order chi connectivity index (χ0) is 22.1. The largest absolute Gasteiger partial charge is 0.433 e. The van der Waals surface area contributed by atoms with Gasteiger partial charge in [-0.15, -0.1) is 0 Å². The third kappa shape index (κ3) is 4.32. The van der Waals surface area contributed by atoms with E-state index in [-0.39, 0.29) is 17.5 Å². The summed E-state index contributed by atoms with van der Waals surface area (Å²) in [5.74, 6) is -0.0364. The number of halogens is 3. The lowest BCUT2D eigenvalue weighted by molar-refractivity contribution is -0.146. The number of ether oxygens (including phenoxy) is 1. The van der Waals surface area contributed by atoms with E-state index in [9.17, 15) is 23.1 Å². The molecular formula is C23H25F3N2O3. The maximum atomic E-state index is 13.1. The first-order chi connectivity index (χ1) is 14.8. The Morgan fingerprint density at radius 1 is 1.16 bits per heavy atom. The van der Waals surface area contributed by atoms with E-state index in [0.29, 0.717) is 24.3 Å². The molecule has 2 N–H and O–H groups in total. The Hall–Kier alpha value is -2.45. The average Bonchev–Trinajstić information content (AvgIpc) is 2.73. The summed E-state index contributed by atoms with van der Waals surface area (Å²) in [6.07, 6.45) is 1.99. The molecule has 1 saturated heterocycles. The summed E-state index contributed by atoms with van der Waals surface area (Å²) in [5.41, 5.74) is 0.216. The van der Waals surface area contributed by atoms with Crippen LogP contribution in [0.1, 0.15) is 48.9 Å². The van der Waals surface area contributed by atoms with Crippen molar-refractivity contribution in [3.63, 3.8) is 0 Å². The van der Waals surface area contributed by atoms with Gasteiger partial charge < -0.3 is 15.2 Å². The molecule has 8 heteroatoms. The topological polar surface area (TPSA) is 71.5 Å². The number of nitrogens with zero attached hydrogens (tertiary/aromatic N) is 1. The summed E-state index contributed by atoms with van der Waals surface area (Å²) < 4.78 is 44.1. The maximum absolute atomic E-state index is 13.1. The Balaban J connectivity index is 1.56. The first-order valence-corrected chi connectivity index (χ1v) is 10.5. The normalized spacial score (nSPS) is 19.0. The van der Waals surface area contributed by atoms with Crippen LogP contribution < -0.4 is 5.32 Å². The second-order valence-electron chi connectivity index (χ2n) is 8.34. The molecule has 31 heavy (non-hydrogen) atoms. The fraction of sp³-hybridized carbons (Fsp3) is 0.478. The van der Waals surface area contributed by atoms with E-state index >= 15 is 0 Å². The van der Waals surface area contributed by atoms with Gasteiger partial charge >= 0.3 is 6.18 Å². The van der Waals surface area contributed by atoms with Gasteiger partial charge in [-0.3, -0.25) is 9.78 Å². The number of alkyl halides is 3. The van der Waals surface area contributed by atoms with E-state index in [1.54, 1.807) is 24.3 Å². The van der Waals surface area contributed by atoms with E-state index in [4.69, 9.17) is 4.74 Å². The number of hydrogen-bond acceptors (Lipinski definition) is 4. The Labute approximate surface area is 178 Å². The average molecular weight is 434 g/mol. The smallest absolute Gasteiger partial charge is 0.392 e. The van der Waals surface area contributed by atoms with Crippen LogP contribution in [0.3, 0.4) is 0 Å². The molecule has 1 aliphatic heterocycles. The number of aliphatic hydroxyl groups is 1. The minimum Gasteiger partial charge on any atom is -0.392 e. The molecule has 0 radical (unpaired) electrons. The highest BCUT2D eigenvalue weighted by molar-refractivity contribution is 5.90. The van der Waals surface area contributed by atoms with Crippen molar-refractivity contribution in [1.82, 2.24) is 10.3 Å². The van der Waals surface area contributed by atoms with Gasteiger partial charge in [-0.05, 0) is 35.6 Å². The van der Waals surface area contributed by atoms with Crippen molar-refractivity contribution in [3.8, 4) is 11.1 Å². The molecule has 166 valence electrons. The second kappa shape index (κ2) is 8.59. The van der Waals surface area contributed by atoms with Crippen molar-refractivity contribution in [1.29, 1.82) is 0 Å². The standard InChI is InChI=1S/C23H25F3N2O3/c24-23(25,26)20-10-16(12-29)19(11-27-20)15-6-8-17(9-7-15)22(13-31-14-22)21(30)28-18-4-2-1-3-5-18/h6-11,18,29H,1-5,12-14H2,(H,28,30). The highest BCUT2D eigenvalue weighted by Gasteiger charge is 2.48. The molecule has 0 atom stereocenters. The van der Waals surface area contributed by atoms with Gasteiger partial charge in [0.25, 0.3) is 0 Å². The van der Waals surface area contributed by atoms with Crippen LogP contribution >= 0.6 is 0 Å². The van der Waals surface area contributed by atoms with Crippen LogP contribution in [0.5, 0.6) is 0 Å². The molecule has 1 aromatic carbocycles. The SMILES string of the molecule is O=C(NC1CCCCC1)C1(c2ccc(-c3cnc(C(F)(F)F)cc3CO)cc2)COC1. The van der Waals surface area contributed by atoms with Gasteiger partial charge in [-0.25, -0.2) is 0 Å². The number of rotatable bonds is 5. The van der Waals surface area contributed by atoms with Crippen molar-refractivity contribution in [2.45, 2.75) is 56.3 Å². The van der Waals surface area contributed by atoms with Crippen LogP contribution in [0.25, 0.3) is 11.1 Å². The van der Waals surface area contributed by atoms with Crippen molar-refractivity contribution in [2.24, 2.45) is 0 Å². The molecule has 1 saturated carbocycles. The molecule has 2 aromatic rings. The summed E-state index contributed by atoms with van der Waals surface area (Å²) in [7, 11) is 0. The molecule has 1 aliphatic carbocycles. The molecule has 0 spiro atoms. The number of pyridine rings is 1. The van der Waals surface area contributed by atoms with E-state index in [0.717, 1.165) is 43.5 Å². The molecule has 1 aromatic heterocycles. The van der Waals surface area contributed by atoms with Crippen LogP contribution in [0, 0.1) is 0 Å². The molecule has 2 heterocycles. The van der Waals surface area contributed by atoms with Crippen LogP contribution in [-0.4, -0.2) is 35.3 Å². The number of aromatic nitrogens is 1. The van der Waals surface area contributed by atoms with Gasteiger partial charge in [0.05, 0.1) is 19.8 Å². The van der Waals surface area contributed by atoms with Gasteiger partial charge in [0.15, 0.2) is 0 Å². The predicted octanol–water partition coefficient (Wildman–Crippen LogP) is 3.98. The van der Waals surface area contributed by atoms with Crippen molar-refractivity contribution >= 4 is 5.91 Å². The lowest BCUT2D eigenvalue weighted by Crippen LogP contribution is -2.59. The van der Waals surface area contributed by atoms with E-state index in [1.165, 1.54) is 6.42 Å². The summed E-state index contributed by atoms with van der Waals surface area (Å²) in [6.45, 7) is 0.0630. The molecule has 5 nitrogen and oxygen atoms in total. The summed E-state index contributed by atoms with van der Waals surface area (Å²) in [6, 6.07) is 8.15. The summed E-state index contributed by atoms with van der Waals surface area (Å²) in [5, 5.41) is 12.7. The first kappa shape index (κ1) is 21.8. The number of hydrogen-bond donors (Lipinski definition) is 2. The minimum atomic E-state index is -4.57. The Morgan fingerprint density at radius 3 is 2.39 bits per heavy atom. The van der Waals surface area contributed by atoms with E-state index in [2.05, 4.69) is 10.3 Å². The lowest BCUT2D eigenvalue weighted by Gasteiger charge is -2.41. The van der Waals surface area contributed by atoms with E-state index < -0.39 is 23.9 Å². The number of carbonyl (C=O) groups is 1. The van der Waals surface area contributed by atoms with Gasteiger partial charge in [0.1, 0.15) is 11.1 Å². The van der Waals surface area contributed by atoms with Gasteiger partial charge in [0, 0.05) is 17.8 Å².